The summed E-state index contributed by atoms with van der Waals surface area (Å²) >= 11 is 6.29. The molecule has 2 bridgehead atoms. The Bertz CT molecular complexity index is 1330. The number of ether oxygens (including phenoxy) is 1. The van der Waals surface area contributed by atoms with Crippen molar-refractivity contribution in [3.8, 4) is 17.6 Å². The van der Waals surface area contributed by atoms with Crippen molar-refractivity contribution >= 4 is 23.6 Å². The van der Waals surface area contributed by atoms with Crippen molar-refractivity contribution in [1.82, 2.24) is 19.4 Å². The van der Waals surface area contributed by atoms with Crippen molar-refractivity contribution < 1.29 is 19.4 Å². The summed E-state index contributed by atoms with van der Waals surface area (Å²) in [5, 5.41) is 23.4. The van der Waals surface area contributed by atoms with Crippen LogP contribution in [-0.2, 0) is 9.53 Å². The van der Waals surface area contributed by atoms with Crippen molar-refractivity contribution in [2.45, 2.75) is 58.2 Å². The normalized spacial score (nSPS) is 20.7. The number of benzene rings is 1. The van der Waals surface area contributed by atoms with Gasteiger partial charge in [0.1, 0.15) is 17.3 Å². The lowest BCUT2D eigenvalue weighted by Crippen LogP contribution is -2.60. The van der Waals surface area contributed by atoms with Crippen molar-refractivity contribution in [3.63, 3.8) is 0 Å². The molecule has 4 rings (SSSR count). The summed E-state index contributed by atoms with van der Waals surface area (Å²) in [5.74, 6) is -0.999. The van der Waals surface area contributed by atoms with Crippen LogP contribution in [0.4, 0.5) is 4.79 Å². The molecule has 2 N–H and O–H groups in total. The van der Waals surface area contributed by atoms with Gasteiger partial charge in [0.05, 0.1) is 35.5 Å². The summed E-state index contributed by atoms with van der Waals surface area (Å²) in [7, 11) is 1.28. The number of amides is 2. The van der Waals surface area contributed by atoms with Gasteiger partial charge in [0.2, 0.25) is 5.88 Å². The van der Waals surface area contributed by atoms with E-state index in [9.17, 15) is 24.8 Å². The number of likely N-dealkylation sites (tertiary alicyclic amines) is 1. The molecule has 3 heterocycles. The second kappa shape index (κ2) is 8.64. The van der Waals surface area contributed by atoms with Gasteiger partial charge in [0.15, 0.2) is 0 Å². The Balaban J connectivity index is 1.71. The molecule has 0 spiro atoms. The average Bonchev–Trinajstić information content (AvgIpc) is 3.51. The summed E-state index contributed by atoms with van der Waals surface area (Å²) in [4.78, 5) is 40.7. The molecule has 2 aliphatic heterocycles. The Morgan fingerprint density at radius 1 is 1.43 bits per heavy atom. The van der Waals surface area contributed by atoms with E-state index in [2.05, 4.69) is 5.32 Å². The number of urea groups is 1. The Labute approximate surface area is 207 Å². The zero-order valence-corrected chi connectivity index (χ0v) is 21.0. The molecule has 0 radical (unpaired) electrons. The van der Waals surface area contributed by atoms with E-state index in [1.54, 1.807) is 24.8 Å². The number of methoxy groups -OCH3 is 1. The molecule has 2 amide bonds. The van der Waals surface area contributed by atoms with Crippen molar-refractivity contribution in [1.29, 1.82) is 5.26 Å². The first-order valence-corrected chi connectivity index (χ1v) is 11.8. The lowest BCUT2D eigenvalue weighted by Gasteiger charge is -2.36. The predicted octanol–water partition coefficient (Wildman–Crippen LogP) is 3.17. The highest BCUT2D eigenvalue weighted by Gasteiger charge is 2.51. The number of esters is 1. The maximum absolute atomic E-state index is 13.3. The van der Waals surface area contributed by atoms with Crippen LogP contribution >= 0.6 is 11.6 Å². The van der Waals surface area contributed by atoms with Gasteiger partial charge in [-0.05, 0) is 43.9 Å². The first-order chi connectivity index (χ1) is 16.5. The number of hydrogen-bond donors (Lipinski definition) is 2. The number of aromatic hydroxyl groups is 1. The molecule has 0 aliphatic carbocycles. The highest BCUT2D eigenvalue weighted by Crippen LogP contribution is 2.49. The molecule has 11 heteroatoms. The zero-order valence-electron chi connectivity index (χ0n) is 20.3. The molecule has 0 saturated carbocycles. The highest BCUT2D eigenvalue weighted by molar-refractivity contribution is 6.32. The number of rotatable bonds is 5. The number of carbonyl (C=O) groups excluding carboxylic acids is 2. The number of nitrogens with zero attached hydrogens (tertiary/aromatic N) is 4. The minimum Gasteiger partial charge on any atom is -0.493 e. The van der Waals surface area contributed by atoms with E-state index in [4.69, 9.17) is 16.3 Å². The summed E-state index contributed by atoms with van der Waals surface area (Å²) in [6, 6.07) is 3.74. The van der Waals surface area contributed by atoms with E-state index in [0.717, 1.165) is 4.57 Å². The monoisotopic (exact) mass is 501 g/mol. The first-order valence-electron chi connectivity index (χ1n) is 11.4. The zero-order chi connectivity index (χ0) is 25.8. The Hall–Kier alpha value is -3.45. The standard InChI is InChI=1S/C24H28ClN5O5/c1-6-12(2)24(4,21(32)35-5)27-22(33)28-11-15-9-17(28)19-20(31)30(23(34)29(15)19)16-8-7-14(10-26)18(25)13(16)3/h7-8,12,15,17,31H,6,9,11H2,1-5H3,(H,27,33)/t12-,15?,17?,24-/m0/s1. The molecule has 35 heavy (non-hydrogen) atoms. The van der Waals surface area contributed by atoms with Gasteiger partial charge in [0, 0.05) is 6.54 Å². The molecule has 1 fully saturated rings. The van der Waals surface area contributed by atoms with Crippen LogP contribution in [0.2, 0.25) is 5.02 Å². The van der Waals surface area contributed by atoms with Gasteiger partial charge < -0.3 is 20.1 Å². The third-order valence-corrected chi connectivity index (χ3v) is 8.10. The molecule has 2 aromatic rings. The number of aromatic nitrogens is 2. The van der Waals surface area contributed by atoms with E-state index in [0.29, 0.717) is 29.8 Å². The lowest BCUT2D eigenvalue weighted by molar-refractivity contribution is -0.149. The first kappa shape index (κ1) is 24.7. The van der Waals surface area contributed by atoms with Gasteiger partial charge in [0.25, 0.3) is 0 Å². The van der Waals surface area contributed by atoms with Crippen LogP contribution in [0.1, 0.15) is 62.5 Å². The van der Waals surface area contributed by atoms with Gasteiger partial charge in [-0.1, -0.05) is 31.9 Å². The molecular weight excluding hydrogens is 474 g/mol. The van der Waals surface area contributed by atoms with Crippen LogP contribution < -0.4 is 11.0 Å². The van der Waals surface area contributed by atoms with Crippen LogP contribution in [-0.4, -0.2) is 50.3 Å². The van der Waals surface area contributed by atoms with E-state index in [1.807, 2.05) is 19.9 Å². The van der Waals surface area contributed by atoms with Crippen LogP contribution in [0, 0.1) is 24.2 Å². The quantitative estimate of drug-likeness (QED) is 0.605. The van der Waals surface area contributed by atoms with Crippen LogP contribution in [0.15, 0.2) is 16.9 Å². The van der Waals surface area contributed by atoms with Gasteiger partial charge in [-0.15, -0.1) is 0 Å². The molecule has 2 unspecified atom stereocenters. The number of fused-ring (bicyclic) bond motifs is 5. The maximum atomic E-state index is 13.3. The summed E-state index contributed by atoms with van der Waals surface area (Å²) in [6.45, 7) is 7.36. The predicted molar refractivity (Wildman–Crippen MR) is 128 cm³/mol. The fourth-order valence-electron chi connectivity index (χ4n) is 5.18. The molecule has 1 saturated heterocycles. The second-order valence-electron chi connectivity index (χ2n) is 9.37. The highest BCUT2D eigenvalue weighted by atomic mass is 35.5. The average molecular weight is 502 g/mol. The number of hydrogen-bond acceptors (Lipinski definition) is 6. The van der Waals surface area contributed by atoms with E-state index in [1.165, 1.54) is 17.7 Å². The number of carbonyl (C=O) groups is 2. The minimum absolute atomic E-state index is 0.185. The van der Waals surface area contributed by atoms with Crippen molar-refractivity contribution in [2.24, 2.45) is 5.92 Å². The second-order valence-corrected chi connectivity index (χ2v) is 9.75. The van der Waals surface area contributed by atoms with Crippen molar-refractivity contribution in [2.75, 3.05) is 13.7 Å². The van der Waals surface area contributed by atoms with Gasteiger partial charge >= 0.3 is 17.7 Å². The molecule has 1 aromatic heterocycles. The molecule has 2 aliphatic rings. The Morgan fingerprint density at radius 2 is 2.11 bits per heavy atom. The fraction of sp³-hybridized carbons (Fsp3) is 0.500. The Kier molecular flexibility index (Phi) is 6.09. The number of nitriles is 1. The third kappa shape index (κ3) is 3.48. The third-order valence-electron chi connectivity index (χ3n) is 7.61. The van der Waals surface area contributed by atoms with Crippen molar-refractivity contribution in [3.05, 3.63) is 44.5 Å². The lowest BCUT2D eigenvalue weighted by atomic mass is 9.85. The number of imidazole rings is 1. The molecule has 1 aromatic carbocycles. The smallest absolute Gasteiger partial charge is 0.336 e. The Morgan fingerprint density at radius 3 is 2.71 bits per heavy atom. The fourth-order valence-corrected chi connectivity index (χ4v) is 5.38. The minimum atomic E-state index is -1.23. The van der Waals surface area contributed by atoms with E-state index in [-0.39, 0.29) is 35.0 Å². The molecule has 4 atom stereocenters. The summed E-state index contributed by atoms with van der Waals surface area (Å²) in [5.41, 5.74) is -0.213. The molecule has 10 nitrogen and oxygen atoms in total. The van der Waals surface area contributed by atoms with Gasteiger partial charge in [-0.2, -0.15) is 5.26 Å². The maximum Gasteiger partial charge on any atom is 0.336 e. The summed E-state index contributed by atoms with van der Waals surface area (Å²) in [6.07, 6.45) is 1.13. The molecule has 186 valence electrons. The molecular formula is C24H28ClN5O5. The SMILES string of the molecule is CC[C@H](C)[C@](C)(NC(=O)N1CC2CC1c1c(O)n(-c3ccc(C#N)c(Cl)c3C)c(=O)n12)C(=O)OC. The summed E-state index contributed by atoms with van der Waals surface area (Å²) < 4.78 is 7.63. The van der Waals surface area contributed by atoms with Crippen LogP contribution in [0.3, 0.4) is 0 Å². The van der Waals surface area contributed by atoms with Gasteiger partial charge in [-0.25, -0.2) is 19.0 Å². The van der Waals surface area contributed by atoms with E-state index >= 15 is 0 Å². The van der Waals surface area contributed by atoms with Crippen LogP contribution in [0.25, 0.3) is 5.69 Å². The van der Waals surface area contributed by atoms with Crippen LogP contribution in [0.5, 0.6) is 5.88 Å². The van der Waals surface area contributed by atoms with E-state index < -0.39 is 29.3 Å². The number of halogens is 1. The van der Waals surface area contributed by atoms with Gasteiger partial charge in [-0.3, -0.25) is 4.57 Å². The largest absolute Gasteiger partial charge is 0.493 e. The number of nitrogens with one attached hydrogen (secondary N) is 1. The topological polar surface area (TPSA) is 130 Å².